The number of carboxylic acid groups (broad SMARTS) is 1. The van der Waals surface area contributed by atoms with E-state index < -0.39 is 18.0 Å². The summed E-state index contributed by atoms with van der Waals surface area (Å²) in [5, 5.41) is 22.4. The van der Waals surface area contributed by atoms with Gasteiger partial charge in [-0.3, -0.25) is 0 Å². The van der Waals surface area contributed by atoms with Crippen LogP contribution >= 0.6 is 0 Å². The van der Waals surface area contributed by atoms with E-state index in [1.165, 1.54) is 0 Å². The van der Waals surface area contributed by atoms with Crippen LogP contribution in [0.2, 0.25) is 0 Å². The molecule has 0 aromatic heterocycles. The second-order valence-electron chi connectivity index (χ2n) is 4.75. The fourth-order valence-electron chi connectivity index (χ4n) is 1.04. The van der Waals surface area contributed by atoms with Crippen molar-refractivity contribution >= 4 is 12.0 Å². The Morgan fingerprint density at radius 2 is 1.94 bits per heavy atom. The monoisotopic (exact) mass is 246 g/mol. The highest BCUT2D eigenvalue weighted by Crippen LogP contribution is 2.17. The van der Waals surface area contributed by atoms with E-state index in [4.69, 9.17) is 10.2 Å². The number of aliphatic hydroxyl groups excluding tert-OH is 1. The molecule has 0 aromatic rings. The zero-order valence-electron chi connectivity index (χ0n) is 10.6. The maximum atomic E-state index is 11.4. The molecule has 0 saturated carbocycles. The van der Waals surface area contributed by atoms with Crippen molar-refractivity contribution < 1.29 is 19.8 Å². The van der Waals surface area contributed by atoms with Crippen molar-refractivity contribution in [1.29, 1.82) is 0 Å². The fraction of sp³-hybridized carbons (Fsp3) is 0.818. The van der Waals surface area contributed by atoms with Crippen molar-refractivity contribution in [3.63, 3.8) is 0 Å². The van der Waals surface area contributed by atoms with Gasteiger partial charge in [-0.15, -0.1) is 0 Å². The molecule has 0 bridgehead atoms. The number of carboxylic acids is 1. The zero-order chi connectivity index (χ0) is 13.5. The maximum Gasteiger partial charge on any atom is 0.326 e. The van der Waals surface area contributed by atoms with Gasteiger partial charge in [0.05, 0.1) is 0 Å². The van der Waals surface area contributed by atoms with E-state index in [1.807, 2.05) is 20.8 Å². The van der Waals surface area contributed by atoms with Crippen LogP contribution < -0.4 is 10.6 Å². The zero-order valence-corrected chi connectivity index (χ0v) is 10.6. The summed E-state index contributed by atoms with van der Waals surface area (Å²) in [6, 6.07) is -1.57. The topological polar surface area (TPSA) is 98.7 Å². The van der Waals surface area contributed by atoms with Crippen LogP contribution in [0.5, 0.6) is 0 Å². The summed E-state index contributed by atoms with van der Waals surface area (Å²) in [7, 11) is 0. The molecule has 4 N–H and O–H groups in total. The molecule has 0 rings (SSSR count). The van der Waals surface area contributed by atoms with Gasteiger partial charge in [-0.2, -0.15) is 0 Å². The Balaban J connectivity index is 4.11. The Morgan fingerprint density at radius 1 is 1.35 bits per heavy atom. The third-order valence-electron chi connectivity index (χ3n) is 2.71. The molecule has 0 saturated heterocycles. The predicted octanol–water partition coefficient (Wildman–Crippen LogP) is 0.557. The van der Waals surface area contributed by atoms with Gasteiger partial charge in [0.25, 0.3) is 0 Å². The van der Waals surface area contributed by atoms with Gasteiger partial charge < -0.3 is 20.8 Å². The van der Waals surface area contributed by atoms with E-state index in [9.17, 15) is 9.59 Å². The Bertz CT molecular complexity index is 266. The number of carbonyl (C=O) groups excluding carboxylic acids is 1. The van der Waals surface area contributed by atoms with E-state index in [1.54, 1.807) is 0 Å². The van der Waals surface area contributed by atoms with Gasteiger partial charge in [-0.05, 0) is 11.8 Å². The summed E-state index contributed by atoms with van der Waals surface area (Å²) in [6.45, 7) is 6.23. The van der Waals surface area contributed by atoms with Crippen LogP contribution in [0.3, 0.4) is 0 Å². The van der Waals surface area contributed by atoms with Crippen LogP contribution in [0, 0.1) is 5.41 Å². The molecule has 0 aliphatic heterocycles. The minimum Gasteiger partial charge on any atom is -0.480 e. The first-order valence-corrected chi connectivity index (χ1v) is 5.70. The van der Waals surface area contributed by atoms with Crippen LogP contribution in [0.15, 0.2) is 0 Å². The molecule has 6 heteroatoms. The standard InChI is InChI=1S/C11H22N2O4/c1-4-11(2,3)7-12-10(17)13-8(5-6-14)9(15)16/h8,14H,4-7H2,1-3H3,(H,15,16)(H2,12,13,17)/t8-/m1/s1. The summed E-state index contributed by atoms with van der Waals surface area (Å²) in [4.78, 5) is 22.2. The Labute approximate surface area is 101 Å². The average molecular weight is 246 g/mol. The molecule has 0 unspecified atom stereocenters. The number of nitrogens with one attached hydrogen (secondary N) is 2. The highest BCUT2D eigenvalue weighted by molar-refractivity contribution is 5.82. The summed E-state index contributed by atoms with van der Waals surface area (Å²) < 4.78 is 0. The highest BCUT2D eigenvalue weighted by atomic mass is 16.4. The molecular weight excluding hydrogens is 224 g/mol. The number of carbonyl (C=O) groups is 2. The number of amides is 2. The lowest BCUT2D eigenvalue weighted by atomic mass is 9.90. The van der Waals surface area contributed by atoms with E-state index in [0.29, 0.717) is 6.54 Å². The SMILES string of the molecule is CCC(C)(C)CNC(=O)N[C@H](CCO)C(=O)O. The largest absolute Gasteiger partial charge is 0.480 e. The van der Waals surface area contributed by atoms with Crippen LogP contribution in [-0.4, -0.2) is 41.4 Å². The van der Waals surface area contributed by atoms with Crippen molar-refractivity contribution in [2.45, 2.75) is 39.7 Å². The number of urea groups is 1. The van der Waals surface area contributed by atoms with Crippen molar-refractivity contribution in [3.05, 3.63) is 0 Å². The summed E-state index contributed by atoms with van der Waals surface area (Å²) >= 11 is 0. The minimum absolute atomic E-state index is 0.0000754. The molecule has 0 aromatic carbocycles. The molecule has 0 spiro atoms. The molecule has 17 heavy (non-hydrogen) atoms. The summed E-state index contributed by atoms with van der Waals surface area (Å²) in [5.74, 6) is -1.15. The number of hydrogen-bond donors (Lipinski definition) is 4. The van der Waals surface area contributed by atoms with Gasteiger partial charge in [0.1, 0.15) is 6.04 Å². The van der Waals surface area contributed by atoms with Gasteiger partial charge in [0, 0.05) is 19.6 Å². The normalized spacial score (nSPS) is 12.9. The number of aliphatic carboxylic acids is 1. The average Bonchev–Trinajstić information content (AvgIpc) is 2.26. The van der Waals surface area contributed by atoms with Crippen molar-refractivity contribution in [2.24, 2.45) is 5.41 Å². The molecule has 0 fully saturated rings. The third-order valence-corrected chi connectivity index (χ3v) is 2.71. The number of rotatable bonds is 7. The molecule has 1 atom stereocenters. The molecule has 0 aliphatic carbocycles. The van der Waals surface area contributed by atoms with Crippen LogP contribution in [0.25, 0.3) is 0 Å². The molecule has 2 amide bonds. The van der Waals surface area contributed by atoms with E-state index in [0.717, 1.165) is 6.42 Å². The number of aliphatic hydroxyl groups is 1. The van der Waals surface area contributed by atoms with E-state index in [2.05, 4.69) is 10.6 Å². The van der Waals surface area contributed by atoms with Crippen LogP contribution in [-0.2, 0) is 4.79 Å². The van der Waals surface area contributed by atoms with E-state index >= 15 is 0 Å². The van der Waals surface area contributed by atoms with Crippen molar-refractivity contribution in [2.75, 3.05) is 13.2 Å². The van der Waals surface area contributed by atoms with Gasteiger partial charge in [0.15, 0.2) is 0 Å². The lowest BCUT2D eigenvalue weighted by molar-refractivity contribution is -0.139. The first-order valence-electron chi connectivity index (χ1n) is 5.70. The third kappa shape index (κ3) is 6.78. The summed E-state index contributed by atoms with van der Waals surface area (Å²) in [6.07, 6.45) is 0.909. The van der Waals surface area contributed by atoms with Crippen molar-refractivity contribution in [1.82, 2.24) is 10.6 Å². The lowest BCUT2D eigenvalue weighted by Gasteiger charge is -2.23. The number of hydrogen-bond acceptors (Lipinski definition) is 3. The Hall–Kier alpha value is -1.30. The molecule has 0 radical (unpaired) electrons. The van der Waals surface area contributed by atoms with Crippen LogP contribution in [0.4, 0.5) is 4.79 Å². The molecule has 0 aliphatic rings. The molecule has 6 nitrogen and oxygen atoms in total. The fourth-order valence-corrected chi connectivity index (χ4v) is 1.04. The van der Waals surface area contributed by atoms with Crippen LogP contribution in [0.1, 0.15) is 33.6 Å². The minimum atomic E-state index is -1.15. The molecule has 100 valence electrons. The lowest BCUT2D eigenvalue weighted by Crippen LogP contribution is -2.48. The van der Waals surface area contributed by atoms with Crippen molar-refractivity contribution in [3.8, 4) is 0 Å². The van der Waals surface area contributed by atoms with Gasteiger partial charge in [-0.1, -0.05) is 20.8 Å². The first-order chi connectivity index (χ1) is 7.82. The molecule has 0 heterocycles. The maximum absolute atomic E-state index is 11.4. The first kappa shape index (κ1) is 15.7. The van der Waals surface area contributed by atoms with Gasteiger partial charge >= 0.3 is 12.0 Å². The van der Waals surface area contributed by atoms with Gasteiger partial charge in [-0.25, -0.2) is 9.59 Å². The Morgan fingerprint density at radius 3 is 2.35 bits per heavy atom. The smallest absolute Gasteiger partial charge is 0.326 e. The second kappa shape index (κ2) is 7.11. The van der Waals surface area contributed by atoms with Gasteiger partial charge in [0.2, 0.25) is 0 Å². The van der Waals surface area contributed by atoms with E-state index in [-0.39, 0.29) is 18.4 Å². The summed E-state index contributed by atoms with van der Waals surface area (Å²) in [5.41, 5.74) is -0.0208. The second-order valence-corrected chi connectivity index (χ2v) is 4.75. The molecular formula is C11H22N2O4. The Kier molecular flexibility index (Phi) is 6.57. The predicted molar refractivity (Wildman–Crippen MR) is 63.7 cm³/mol. The highest BCUT2D eigenvalue weighted by Gasteiger charge is 2.21. The quantitative estimate of drug-likeness (QED) is 0.527.